The van der Waals surface area contributed by atoms with Crippen LogP contribution in [0.25, 0.3) is 0 Å². The number of H-pyrrole nitrogens is 1. The zero-order chi connectivity index (χ0) is 17.6. The Hall–Kier alpha value is -2.51. The highest BCUT2D eigenvalue weighted by Crippen LogP contribution is 2.21. The number of hydrogen-bond acceptors (Lipinski definition) is 4. The highest BCUT2D eigenvalue weighted by molar-refractivity contribution is 5.93. The van der Waals surface area contributed by atoms with Crippen LogP contribution in [0, 0.1) is 5.82 Å². The molecule has 2 N–H and O–H groups in total. The minimum atomic E-state index is -0.290. The fourth-order valence-corrected chi connectivity index (χ4v) is 2.88. The van der Waals surface area contributed by atoms with E-state index in [1.54, 1.807) is 12.1 Å². The van der Waals surface area contributed by atoms with E-state index < -0.39 is 0 Å². The van der Waals surface area contributed by atoms with E-state index in [0.29, 0.717) is 25.3 Å². The summed E-state index contributed by atoms with van der Waals surface area (Å²) < 4.78 is 18.6. The molecular weight excluding hydrogens is 325 g/mol. The van der Waals surface area contributed by atoms with Crippen LogP contribution in [0.5, 0.6) is 0 Å². The highest BCUT2D eigenvalue weighted by Gasteiger charge is 2.23. The standard InChI is InChI=1S/C18H20FN3O3/c19-15-4-1-13(2-5-15)16(22-7-9-25-10-8-22)12-21-18(24)14-3-6-17(23)20-11-14/h1-6,11,16H,7-10,12H2,(H,20,23)(H,21,24)/t16-/m1/s1. The van der Waals surface area contributed by atoms with Gasteiger partial charge < -0.3 is 15.0 Å². The van der Waals surface area contributed by atoms with E-state index in [0.717, 1.165) is 18.7 Å². The van der Waals surface area contributed by atoms with Crippen LogP contribution in [0.4, 0.5) is 4.39 Å². The average molecular weight is 345 g/mol. The molecule has 1 aliphatic rings. The van der Waals surface area contributed by atoms with Gasteiger partial charge in [0.15, 0.2) is 0 Å². The average Bonchev–Trinajstić information content (AvgIpc) is 2.64. The molecule has 0 aliphatic carbocycles. The van der Waals surface area contributed by atoms with Crippen LogP contribution >= 0.6 is 0 Å². The summed E-state index contributed by atoms with van der Waals surface area (Å²) in [6, 6.07) is 9.04. The normalized spacial score (nSPS) is 16.4. The summed E-state index contributed by atoms with van der Waals surface area (Å²) in [4.78, 5) is 28.1. The van der Waals surface area contributed by atoms with E-state index >= 15 is 0 Å². The molecule has 1 aliphatic heterocycles. The Balaban J connectivity index is 1.72. The maximum Gasteiger partial charge on any atom is 0.252 e. The molecular formula is C18H20FN3O3. The van der Waals surface area contributed by atoms with Crippen LogP contribution in [-0.4, -0.2) is 48.6 Å². The first kappa shape index (κ1) is 17.3. The number of carbonyl (C=O) groups excluding carboxylic acids is 1. The van der Waals surface area contributed by atoms with Gasteiger partial charge in [-0.05, 0) is 23.8 Å². The largest absolute Gasteiger partial charge is 0.379 e. The first-order chi connectivity index (χ1) is 12.1. The number of aromatic nitrogens is 1. The molecule has 0 bridgehead atoms. The second-order valence-electron chi connectivity index (χ2n) is 5.87. The van der Waals surface area contributed by atoms with Crippen LogP contribution in [0.1, 0.15) is 22.0 Å². The molecule has 0 spiro atoms. The van der Waals surface area contributed by atoms with Gasteiger partial charge in [-0.1, -0.05) is 12.1 Å². The van der Waals surface area contributed by atoms with Crippen LogP contribution in [-0.2, 0) is 4.74 Å². The number of pyridine rings is 1. The van der Waals surface area contributed by atoms with Crippen molar-refractivity contribution in [2.45, 2.75) is 6.04 Å². The Morgan fingerprint density at radius 3 is 2.56 bits per heavy atom. The van der Waals surface area contributed by atoms with Crippen LogP contribution in [0.15, 0.2) is 47.4 Å². The highest BCUT2D eigenvalue weighted by atomic mass is 19.1. The quantitative estimate of drug-likeness (QED) is 0.857. The van der Waals surface area contributed by atoms with Gasteiger partial charge in [0, 0.05) is 31.9 Å². The molecule has 3 rings (SSSR count). The van der Waals surface area contributed by atoms with Crippen molar-refractivity contribution >= 4 is 5.91 Å². The SMILES string of the molecule is O=C(NC[C@H](c1ccc(F)cc1)N1CCOCC1)c1ccc(=O)[nH]c1. The molecule has 7 heteroatoms. The third kappa shape index (κ3) is 4.52. The summed E-state index contributed by atoms with van der Waals surface area (Å²) in [6.07, 6.45) is 1.39. The number of morpholine rings is 1. The van der Waals surface area contributed by atoms with Crippen molar-refractivity contribution in [2.75, 3.05) is 32.8 Å². The number of ether oxygens (including phenoxy) is 1. The van der Waals surface area contributed by atoms with Gasteiger partial charge in [-0.2, -0.15) is 0 Å². The molecule has 25 heavy (non-hydrogen) atoms. The fraction of sp³-hybridized carbons (Fsp3) is 0.333. The minimum absolute atomic E-state index is 0.0730. The predicted molar refractivity (Wildman–Crippen MR) is 90.9 cm³/mol. The molecule has 2 heterocycles. The van der Waals surface area contributed by atoms with Crippen molar-refractivity contribution in [1.82, 2.24) is 15.2 Å². The van der Waals surface area contributed by atoms with E-state index in [2.05, 4.69) is 15.2 Å². The van der Waals surface area contributed by atoms with Crippen LogP contribution < -0.4 is 10.9 Å². The molecule has 1 amide bonds. The van der Waals surface area contributed by atoms with Crippen LogP contribution in [0.3, 0.4) is 0 Å². The van der Waals surface area contributed by atoms with Gasteiger partial charge >= 0.3 is 0 Å². The van der Waals surface area contributed by atoms with Gasteiger partial charge in [0.05, 0.1) is 24.8 Å². The third-order valence-electron chi connectivity index (χ3n) is 4.24. The first-order valence-electron chi connectivity index (χ1n) is 8.18. The summed E-state index contributed by atoms with van der Waals surface area (Å²) in [7, 11) is 0. The zero-order valence-electron chi connectivity index (χ0n) is 13.7. The fourth-order valence-electron chi connectivity index (χ4n) is 2.88. The van der Waals surface area contributed by atoms with Gasteiger partial charge in [-0.25, -0.2) is 4.39 Å². The van der Waals surface area contributed by atoms with Gasteiger partial charge in [-0.15, -0.1) is 0 Å². The number of rotatable bonds is 5. The van der Waals surface area contributed by atoms with Crippen molar-refractivity contribution < 1.29 is 13.9 Å². The molecule has 1 fully saturated rings. The molecule has 1 atom stereocenters. The Morgan fingerprint density at radius 2 is 1.92 bits per heavy atom. The van der Waals surface area contributed by atoms with Crippen molar-refractivity contribution in [3.05, 3.63) is 69.9 Å². The maximum absolute atomic E-state index is 13.2. The van der Waals surface area contributed by atoms with E-state index in [9.17, 15) is 14.0 Å². The number of carbonyl (C=O) groups is 1. The molecule has 0 saturated carbocycles. The lowest BCUT2D eigenvalue weighted by atomic mass is 10.0. The lowest BCUT2D eigenvalue weighted by molar-refractivity contribution is 0.0162. The Bertz CT molecular complexity index is 749. The number of hydrogen-bond donors (Lipinski definition) is 2. The van der Waals surface area contributed by atoms with Crippen molar-refractivity contribution in [3.63, 3.8) is 0 Å². The Kier molecular flexibility index (Phi) is 5.57. The number of nitrogens with one attached hydrogen (secondary N) is 2. The van der Waals surface area contributed by atoms with E-state index in [4.69, 9.17) is 4.74 Å². The molecule has 0 unspecified atom stereocenters. The Labute approximate surface area is 144 Å². The molecule has 132 valence electrons. The van der Waals surface area contributed by atoms with Gasteiger partial charge in [0.2, 0.25) is 5.56 Å². The summed E-state index contributed by atoms with van der Waals surface area (Å²) in [5, 5.41) is 2.89. The van der Waals surface area contributed by atoms with E-state index in [-0.39, 0.29) is 23.3 Å². The van der Waals surface area contributed by atoms with E-state index in [1.807, 2.05) is 0 Å². The zero-order valence-corrected chi connectivity index (χ0v) is 13.7. The number of amides is 1. The molecule has 1 aromatic heterocycles. The molecule has 6 nitrogen and oxygen atoms in total. The minimum Gasteiger partial charge on any atom is -0.379 e. The van der Waals surface area contributed by atoms with Crippen molar-refractivity contribution in [2.24, 2.45) is 0 Å². The van der Waals surface area contributed by atoms with Gasteiger partial charge in [-0.3, -0.25) is 14.5 Å². The summed E-state index contributed by atoms with van der Waals surface area (Å²) >= 11 is 0. The topological polar surface area (TPSA) is 74.4 Å². The summed E-state index contributed by atoms with van der Waals surface area (Å²) in [6.45, 7) is 3.13. The first-order valence-corrected chi connectivity index (χ1v) is 8.18. The number of nitrogens with zero attached hydrogens (tertiary/aromatic N) is 1. The van der Waals surface area contributed by atoms with E-state index in [1.165, 1.54) is 30.5 Å². The lowest BCUT2D eigenvalue weighted by Crippen LogP contribution is -2.43. The van der Waals surface area contributed by atoms with Gasteiger partial charge in [0.25, 0.3) is 5.91 Å². The summed E-state index contributed by atoms with van der Waals surface area (Å²) in [5.74, 6) is -0.557. The monoisotopic (exact) mass is 345 g/mol. The van der Waals surface area contributed by atoms with Crippen molar-refractivity contribution in [3.8, 4) is 0 Å². The number of benzene rings is 1. The number of halogens is 1. The van der Waals surface area contributed by atoms with Crippen molar-refractivity contribution in [1.29, 1.82) is 0 Å². The molecule has 2 aromatic rings. The summed E-state index contributed by atoms with van der Waals surface area (Å²) in [5.41, 5.74) is 1.07. The Morgan fingerprint density at radius 1 is 1.20 bits per heavy atom. The second kappa shape index (κ2) is 8.04. The smallest absolute Gasteiger partial charge is 0.252 e. The third-order valence-corrected chi connectivity index (χ3v) is 4.24. The molecule has 0 radical (unpaired) electrons. The maximum atomic E-state index is 13.2. The second-order valence-corrected chi connectivity index (χ2v) is 5.87. The lowest BCUT2D eigenvalue weighted by Gasteiger charge is -2.35. The molecule has 1 aromatic carbocycles. The van der Waals surface area contributed by atoms with Crippen LogP contribution in [0.2, 0.25) is 0 Å². The predicted octanol–water partition coefficient (Wildman–Crippen LogP) is 1.32. The number of aromatic amines is 1. The van der Waals surface area contributed by atoms with Gasteiger partial charge in [0.1, 0.15) is 5.82 Å². The molecule has 1 saturated heterocycles.